The smallest absolute Gasteiger partial charge is 0.211 e. The van der Waals surface area contributed by atoms with Crippen LogP contribution in [-0.4, -0.2) is 12.2 Å². The van der Waals surface area contributed by atoms with Crippen LogP contribution >= 0.6 is 11.6 Å². The Morgan fingerprint density at radius 2 is 1.77 bits per heavy atom. The predicted molar refractivity (Wildman–Crippen MR) is 91.1 cm³/mol. The fraction of sp³-hybridized carbons (Fsp3) is 0.111. The summed E-state index contributed by atoms with van der Waals surface area (Å²) in [5.41, 5.74) is 2.92. The molecule has 0 heterocycles. The lowest BCUT2D eigenvalue weighted by Gasteiger charge is -2.17. The quantitative estimate of drug-likeness (QED) is 0.470. The van der Waals surface area contributed by atoms with Crippen LogP contribution in [0.2, 0.25) is 0 Å². The SMILES string of the molecule is C=C(Cl)/C=C(C(=C)NC=O)/C(=C(\C)C(C)=O)c1ccccc1. The van der Waals surface area contributed by atoms with Crippen LogP contribution in [0.4, 0.5) is 0 Å². The molecule has 0 aliphatic rings. The minimum Gasteiger partial charge on any atom is -0.329 e. The highest BCUT2D eigenvalue weighted by Crippen LogP contribution is 2.31. The Morgan fingerprint density at radius 3 is 2.23 bits per heavy atom. The average Bonchev–Trinajstić information content (AvgIpc) is 2.47. The third kappa shape index (κ3) is 4.57. The second kappa shape index (κ2) is 8.15. The van der Waals surface area contributed by atoms with Gasteiger partial charge >= 0.3 is 0 Å². The van der Waals surface area contributed by atoms with Crippen molar-refractivity contribution >= 4 is 29.4 Å². The highest BCUT2D eigenvalue weighted by atomic mass is 35.5. The molecule has 0 saturated carbocycles. The summed E-state index contributed by atoms with van der Waals surface area (Å²) < 4.78 is 0. The molecule has 1 aromatic rings. The van der Waals surface area contributed by atoms with E-state index in [0.717, 1.165) is 5.56 Å². The number of benzene rings is 1. The molecule has 0 saturated heterocycles. The number of allylic oxidation sites excluding steroid dienone is 4. The normalized spacial score (nSPS) is 12.2. The molecular weight excluding hydrogens is 298 g/mol. The molecule has 0 bridgehead atoms. The number of ketones is 1. The summed E-state index contributed by atoms with van der Waals surface area (Å²) >= 11 is 5.90. The molecule has 3 nitrogen and oxygen atoms in total. The Balaban J connectivity index is 3.63. The van der Waals surface area contributed by atoms with Crippen molar-refractivity contribution in [1.29, 1.82) is 0 Å². The first-order valence-electron chi connectivity index (χ1n) is 6.61. The monoisotopic (exact) mass is 315 g/mol. The molecule has 1 aromatic carbocycles. The first-order chi connectivity index (χ1) is 10.4. The van der Waals surface area contributed by atoms with Crippen LogP contribution in [-0.2, 0) is 9.59 Å². The number of hydrogen-bond acceptors (Lipinski definition) is 2. The number of halogens is 1. The maximum atomic E-state index is 11.9. The first kappa shape index (κ1) is 17.7. The Bertz CT molecular complexity index is 670. The van der Waals surface area contributed by atoms with Gasteiger partial charge in [0.1, 0.15) is 0 Å². The van der Waals surface area contributed by atoms with Gasteiger partial charge in [0, 0.05) is 21.9 Å². The topological polar surface area (TPSA) is 46.2 Å². The summed E-state index contributed by atoms with van der Waals surface area (Å²) in [7, 11) is 0. The molecule has 1 rings (SSSR count). The van der Waals surface area contributed by atoms with Gasteiger partial charge in [-0.1, -0.05) is 55.1 Å². The molecule has 0 fully saturated rings. The molecule has 0 unspecified atom stereocenters. The van der Waals surface area contributed by atoms with E-state index >= 15 is 0 Å². The van der Waals surface area contributed by atoms with E-state index < -0.39 is 0 Å². The van der Waals surface area contributed by atoms with Gasteiger partial charge in [-0.15, -0.1) is 0 Å². The number of amides is 1. The number of carbonyl (C=O) groups is 2. The molecule has 114 valence electrons. The molecule has 1 amide bonds. The minimum absolute atomic E-state index is 0.0798. The van der Waals surface area contributed by atoms with Crippen LogP contribution in [0.15, 0.2) is 71.4 Å². The predicted octanol–water partition coefficient (Wildman–Crippen LogP) is 3.99. The number of carbonyl (C=O) groups excluding carboxylic acids is 2. The second-order valence-electron chi connectivity index (χ2n) is 4.67. The lowest BCUT2D eigenvalue weighted by molar-refractivity contribution is -0.113. The molecule has 22 heavy (non-hydrogen) atoms. The fourth-order valence-electron chi connectivity index (χ4n) is 1.97. The summed E-state index contributed by atoms with van der Waals surface area (Å²) in [6.45, 7) is 10.7. The molecule has 0 radical (unpaired) electrons. The Labute approximate surface area is 135 Å². The zero-order valence-electron chi connectivity index (χ0n) is 12.7. The van der Waals surface area contributed by atoms with Crippen LogP contribution in [0, 0.1) is 0 Å². The van der Waals surface area contributed by atoms with Crippen molar-refractivity contribution in [2.24, 2.45) is 0 Å². The van der Waals surface area contributed by atoms with Crippen molar-refractivity contribution in [2.75, 3.05) is 0 Å². The van der Waals surface area contributed by atoms with Crippen LogP contribution < -0.4 is 5.32 Å². The second-order valence-corrected chi connectivity index (χ2v) is 5.15. The van der Waals surface area contributed by atoms with E-state index in [1.165, 1.54) is 6.92 Å². The number of hydrogen-bond donors (Lipinski definition) is 1. The van der Waals surface area contributed by atoms with Crippen LogP contribution in [0.5, 0.6) is 0 Å². The Kier molecular flexibility index (Phi) is 6.54. The third-order valence-corrected chi connectivity index (χ3v) is 3.20. The zero-order valence-corrected chi connectivity index (χ0v) is 13.4. The number of rotatable bonds is 7. The van der Waals surface area contributed by atoms with Crippen molar-refractivity contribution in [3.8, 4) is 0 Å². The molecular formula is C18H18ClNO2. The average molecular weight is 316 g/mol. The van der Waals surface area contributed by atoms with E-state index in [1.807, 2.05) is 30.3 Å². The van der Waals surface area contributed by atoms with E-state index in [0.29, 0.717) is 28.8 Å². The summed E-state index contributed by atoms with van der Waals surface area (Å²) in [6, 6.07) is 9.37. The molecule has 0 atom stereocenters. The zero-order chi connectivity index (χ0) is 16.7. The lowest BCUT2D eigenvalue weighted by atomic mass is 9.90. The Hall–Kier alpha value is -2.39. The Morgan fingerprint density at radius 1 is 1.18 bits per heavy atom. The van der Waals surface area contributed by atoms with Gasteiger partial charge in [-0.3, -0.25) is 9.59 Å². The van der Waals surface area contributed by atoms with Gasteiger partial charge < -0.3 is 5.32 Å². The van der Waals surface area contributed by atoms with Gasteiger partial charge in [0.25, 0.3) is 0 Å². The van der Waals surface area contributed by atoms with Crippen molar-refractivity contribution in [3.05, 3.63) is 77.0 Å². The maximum Gasteiger partial charge on any atom is 0.211 e. The van der Waals surface area contributed by atoms with E-state index in [2.05, 4.69) is 18.5 Å². The molecule has 1 N–H and O–H groups in total. The van der Waals surface area contributed by atoms with E-state index in [4.69, 9.17) is 11.6 Å². The number of nitrogens with one attached hydrogen (secondary N) is 1. The van der Waals surface area contributed by atoms with Crippen molar-refractivity contribution in [1.82, 2.24) is 5.32 Å². The van der Waals surface area contributed by atoms with Crippen LogP contribution in [0.1, 0.15) is 19.4 Å². The van der Waals surface area contributed by atoms with Crippen molar-refractivity contribution in [2.45, 2.75) is 13.8 Å². The lowest BCUT2D eigenvalue weighted by Crippen LogP contribution is -2.13. The molecule has 0 aliphatic carbocycles. The van der Waals surface area contributed by atoms with E-state index in [-0.39, 0.29) is 10.8 Å². The molecule has 0 spiro atoms. The summed E-state index contributed by atoms with van der Waals surface area (Å²) in [6.07, 6.45) is 2.11. The first-order valence-corrected chi connectivity index (χ1v) is 6.99. The summed E-state index contributed by atoms with van der Waals surface area (Å²) in [5, 5.41) is 2.78. The highest BCUT2D eigenvalue weighted by Gasteiger charge is 2.16. The molecule has 4 heteroatoms. The third-order valence-electron chi connectivity index (χ3n) is 3.09. The molecule has 0 aliphatic heterocycles. The largest absolute Gasteiger partial charge is 0.329 e. The highest BCUT2D eigenvalue weighted by molar-refractivity contribution is 6.31. The summed E-state index contributed by atoms with van der Waals surface area (Å²) in [5.74, 6) is -0.0798. The van der Waals surface area contributed by atoms with Gasteiger partial charge in [0.15, 0.2) is 5.78 Å². The fourth-order valence-corrected chi connectivity index (χ4v) is 2.08. The van der Waals surface area contributed by atoms with Gasteiger partial charge in [-0.2, -0.15) is 0 Å². The molecule has 0 aromatic heterocycles. The van der Waals surface area contributed by atoms with Crippen LogP contribution in [0.3, 0.4) is 0 Å². The maximum absolute atomic E-state index is 11.9. The standard InChI is InChI=1S/C18H18ClNO2/c1-12(19)10-17(14(3)20-11-21)18(13(2)15(4)22)16-8-6-5-7-9-16/h5-11H,1,3H2,2,4H3,(H,20,21)/b17-10+,18-13+. The van der Waals surface area contributed by atoms with Gasteiger partial charge in [-0.05, 0) is 31.1 Å². The van der Waals surface area contributed by atoms with Gasteiger partial charge in [-0.25, -0.2) is 0 Å². The van der Waals surface area contributed by atoms with Crippen molar-refractivity contribution in [3.63, 3.8) is 0 Å². The van der Waals surface area contributed by atoms with Gasteiger partial charge in [0.2, 0.25) is 6.41 Å². The van der Waals surface area contributed by atoms with Crippen molar-refractivity contribution < 1.29 is 9.59 Å². The van der Waals surface area contributed by atoms with Crippen LogP contribution in [0.25, 0.3) is 5.57 Å². The van der Waals surface area contributed by atoms with Gasteiger partial charge in [0.05, 0.1) is 0 Å². The minimum atomic E-state index is -0.0798. The number of Topliss-reactive ketones (excluding diaryl/α,β-unsaturated/α-hetero) is 1. The summed E-state index contributed by atoms with van der Waals surface area (Å²) in [4.78, 5) is 22.6. The van der Waals surface area contributed by atoms with E-state index in [1.54, 1.807) is 13.0 Å². The van der Waals surface area contributed by atoms with E-state index in [9.17, 15) is 9.59 Å².